The van der Waals surface area contributed by atoms with Gasteiger partial charge in [0.05, 0.1) is 0 Å². The number of carbonyl (C=O) groups is 2. The molecule has 2 aromatic rings. The van der Waals surface area contributed by atoms with Crippen LogP contribution in [0.4, 0.5) is 21.3 Å². The summed E-state index contributed by atoms with van der Waals surface area (Å²) in [5.74, 6) is 0.251. The van der Waals surface area contributed by atoms with E-state index >= 15 is 0 Å². The number of hydrogen-bond donors (Lipinski definition) is 3. The number of carbonyl (C=O) groups excluding carboxylic acids is 2. The average Bonchev–Trinajstić information content (AvgIpc) is 2.89. The third-order valence-electron chi connectivity index (χ3n) is 2.78. The number of hydrogen-bond acceptors (Lipinski definition) is 4. The number of nitrogens with zero attached hydrogens (tertiary/aromatic N) is 1. The van der Waals surface area contributed by atoms with Crippen molar-refractivity contribution in [1.29, 1.82) is 0 Å². The fourth-order valence-corrected chi connectivity index (χ4v) is 2.52. The second kappa shape index (κ2) is 7.04. The van der Waals surface area contributed by atoms with Gasteiger partial charge in [0.2, 0.25) is 5.91 Å². The molecule has 3 amide bonds. The molecule has 0 bridgehead atoms. The van der Waals surface area contributed by atoms with Crippen molar-refractivity contribution < 1.29 is 9.59 Å². The second-order valence-corrected chi connectivity index (χ2v) is 6.12. The number of thiazole rings is 1. The van der Waals surface area contributed by atoms with Crippen LogP contribution in [-0.2, 0) is 4.79 Å². The van der Waals surface area contributed by atoms with Gasteiger partial charge in [0.25, 0.3) is 0 Å². The first kappa shape index (κ1) is 16.0. The Balaban J connectivity index is 1.92. The molecule has 0 radical (unpaired) electrons. The van der Waals surface area contributed by atoms with Gasteiger partial charge in [-0.3, -0.25) is 10.1 Å². The van der Waals surface area contributed by atoms with E-state index in [1.165, 1.54) is 18.3 Å². The topological polar surface area (TPSA) is 83.1 Å². The molecule has 22 heavy (non-hydrogen) atoms. The zero-order chi connectivity index (χ0) is 16.1. The smallest absolute Gasteiger partial charge is 0.325 e. The summed E-state index contributed by atoms with van der Waals surface area (Å²) in [6, 6.07) is 6.52. The second-order valence-electron chi connectivity index (χ2n) is 5.06. The van der Waals surface area contributed by atoms with Crippen LogP contribution in [-0.4, -0.2) is 16.9 Å². The maximum atomic E-state index is 11.9. The van der Waals surface area contributed by atoms with Crippen LogP contribution >= 0.6 is 11.3 Å². The molecule has 1 aromatic carbocycles. The minimum atomic E-state index is -0.350. The van der Waals surface area contributed by atoms with Crippen LogP contribution in [0, 0.1) is 0 Å². The maximum Gasteiger partial charge on any atom is 0.325 e. The zero-order valence-electron chi connectivity index (χ0n) is 12.6. The fourth-order valence-electron chi connectivity index (χ4n) is 1.71. The number of nitrogens with one attached hydrogen (secondary N) is 3. The van der Waals surface area contributed by atoms with Gasteiger partial charge in [0.15, 0.2) is 5.13 Å². The Labute approximate surface area is 133 Å². The van der Waals surface area contributed by atoms with Gasteiger partial charge in [-0.25, -0.2) is 9.78 Å². The summed E-state index contributed by atoms with van der Waals surface area (Å²) >= 11 is 1.46. The Morgan fingerprint density at radius 3 is 2.14 bits per heavy atom. The highest BCUT2D eigenvalue weighted by Crippen LogP contribution is 2.25. The molecule has 0 fully saturated rings. The Hall–Kier alpha value is -2.41. The van der Waals surface area contributed by atoms with Crippen molar-refractivity contribution in [3.8, 4) is 0 Å². The predicted molar refractivity (Wildman–Crippen MR) is 89.6 cm³/mol. The minimum Gasteiger partial charge on any atom is -0.326 e. The van der Waals surface area contributed by atoms with E-state index in [-0.39, 0.29) is 11.9 Å². The van der Waals surface area contributed by atoms with Crippen molar-refractivity contribution >= 4 is 39.8 Å². The van der Waals surface area contributed by atoms with Crippen LogP contribution in [0.25, 0.3) is 0 Å². The molecule has 0 aliphatic carbocycles. The van der Waals surface area contributed by atoms with Gasteiger partial charge in [-0.15, -0.1) is 11.3 Å². The summed E-state index contributed by atoms with van der Waals surface area (Å²) in [6.45, 7) is 5.60. The first-order valence-corrected chi connectivity index (χ1v) is 7.67. The minimum absolute atomic E-state index is 0.136. The van der Waals surface area contributed by atoms with E-state index in [0.717, 1.165) is 4.88 Å². The highest BCUT2D eigenvalue weighted by Gasteiger charge is 2.09. The number of anilines is 3. The normalized spacial score (nSPS) is 10.4. The lowest BCUT2D eigenvalue weighted by Gasteiger charge is -2.07. The SMILES string of the molecule is CC(=O)Nc1ccc(NC(=O)Nc2ncc(C(C)C)s2)cc1. The molecule has 1 aromatic heterocycles. The van der Waals surface area contributed by atoms with Crippen molar-refractivity contribution in [1.82, 2.24) is 4.98 Å². The molecular weight excluding hydrogens is 300 g/mol. The number of benzene rings is 1. The summed E-state index contributed by atoms with van der Waals surface area (Å²) in [7, 11) is 0. The summed E-state index contributed by atoms with van der Waals surface area (Å²) in [5.41, 5.74) is 1.31. The standard InChI is InChI=1S/C15H18N4O2S/c1-9(2)13-8-16-15(22-13)19-14(21)18-12-6-4-11(5-7-12)17-10(3)20/h4-9H,1-3H3,(H,17,20)(H2,16,18,19,21). The average molecular weight is 318 g/mol. The molecule has 6 nitrogen and oxygen atoms in total. The summed E-state index contributed by atoms with van der Waals surface area (Å²) < 4.78 is 0. The Morgan fingerprint density at radius 2 is 1.64 bits per heavy atom. The van der Waals surface area contributed by atoms with Gasteiger partial charge in [-0.05, 0) is 30.2 Å². The van der Waals surface area contributed by atoms with Gasteiger partial charge < -0.3 is 10.6 Å². The highest BCUT2D eigenvalue weighted by atomic mass is 32.1. The van der Waals surface area contributed by atoms with Crippen molar-refractivity contribution in [3.05, 3.63) is 35.3 Å². The molecular formula is C15H18N4O2S. The van der Waals surface area contributed by atoms with Crippen molar-refractivity contribution in [2.24, 2.45) is 0 Å². The molecule has 1 heterocycles. The van der Waals surface area contributed by atoms with Crippen LogP contribution in [0.1, 0.15) is 31.6 Å². The van der Waals surface area contributed by atoms with Crippen molar-refractivity contribution in [2.75, 3.05) is 16.0 Å². The van der Waals surface area contributed by atoms with Crippen LogP contribution in [0.5, 0.6) is 0 Å². The van der Waals surface area contributed by atoms with Gasteiger partial charge in [0.1, 0.15) is 0 Å². The summed E-state index contributed by atoms with van der Waals surface area (Å²) in [5, 5.41) is 8.64. The Morgan fingerprint density at radius 1 is 1.05 bits per heavy atom. The van der Waals surface area contributed by atoms with Crippen molar-refractivity contribution in [2.45, 2.75) is 26.7 Å². The van der Waals surface area contributed by atoms with Crippen LogP contribution < -0.4 is 16.0 Å². The van der Waals surface area contributed by atoms with Crippen LogP contribution in [0.15, 0.2) is 30.5 Å². The molecule has 0 aliphatic heterocycles. The van der Waals surface area contributed by atoms with E-state index in [9.17, 15) is 9.59 Å². The Kier molecular flexibility index (Phi) is 5.11. The molecule has 0 atom stereocenters. The lowest BCUT2D eigenvalue weighted by Crippen LogP contribution is -2.19. The summed E-state index contributed by atoms with van der Waals surface area (Å²) in [6.07, 6.45) is 1.77. The number of urea groups is 1. The molecule has 116 valence electrons. The lowest BCUT2D eigenvalue weighted by molar-refractivity contribution is -0.114. The highest BCUT2D eigenvalue weighted by molar-refractivity contribution is 7.15. The van der Waals surface area contributed by atoms with Gasteiger partial charge in [0, 0.05) is 29.4 Å². The third-order valence-corrected chi connectivity index (χ3v) is 3.99. The van der Waals surface area contributed by atoms with E-state index in [1.807, 2.05) is 0 Å². The molecule has 0 unspecified atom stereocenters. The van der Waals surface area contributed by atoms with Gasteiger partial charge >= 0.3 is 6.03 Å². The number of amides is 3. The molecule has 0 aliphatic rings. The predicted octanol–water partition coefficient (Wildman–Crippen LogP) is 3.87. The molecule has 0 saturated heterocycles. The van der Waals surface area contributed by atoms with E-state index in [2.05, 4.69) is 34.8 Å². The molecule has 2 rings (SSSR count). The first-order valence-electron chi connectivity index (χ1n) is 6.85. The van der Waals surface area contributed by atoms with Gasteiger partial charge in [-0.1, -0.05) is 13.8 Å². The number of aromatic nitrogens is 1. The quantitative estimate of drug-likeness (QED) is 0.800. The Bertz CT molecular complexity index is 664. The lowest BCUT2D eigenvalue weighted by atomic mass is 10.2. The van der Waals surface area contributed by atoms with Crippen molar-refractivity contribution in [3.63, 3.8) is 0 Å². The molecule has 3 N–H and O–H groups in total. The zero-order valence-corrected chi connectivity index (χ0v) is 13.5. The van der Waals surface area contributed by atoms with E-state index in [1.54, 1.807) is 30.5 Å². The third kappa shape index (κ3) is 4.56. The van der Waals surface area contributed by atoms with Crippen LogP contribution in [0.2, 0.25) is 0 Å². The van der Waals surface area contributed by atoms with E-state index in [0.29, 0.717) is 22.4 Å². The van der Waals surface area contributed by atoms with Gasteiger partial charge in [-0.2, -0.15) is 0 Å². The monoisotopic (exact) mass is 318 g/mol. The maximum absolute atomic E-state index is 11.9. The largest absolute Gasteiger partial charge is 0.326 e. The van der Waals surface area contributed by atoms with Crippen LogP contribution in [0.3, 0.4) is 0 Å². The summed E-state index contributed by atoms with van der Waals surface area (Å²) in [4.78, 5) is 28.1. The van der Waals surface area contributed by atoms with E-state index < -0.39 is 0 Å². The molecule has 7 heteroatoms. The van der Waals surface area contributed by atoms with E-state index in [4.69, 9.17) is 0 Å². The molecule has 0 saturated carbocycles. The number of rotatable bonds is 4. The molecule has 0 spiro atoms. The first-order chi connectivity index (χ1) is 10.4. The fraction of sp³-hybridized carbons (Fsp3) is 0.267.